The van der Waals surface area contributed by atoms with Crippen LogP contribution in [0.3, 0.4) is 0 Å². The van der Waals surface area contributed by atoms with Gasteiger partial charge >= 0.3 is 0 Å². The summed E-state index contributed by atoms with van der Waals surface area (Å²) in [6.45, 7) is 2.32. The number of unbranched alkanes of at least 4 members (excludes halogenated alkanes) is 1. The van der Waals surface area contributed by atoms with Gasteiger partial charge in [0.05, 0.1) is 0 Å². The predicted octanol–water partition coefficient (Wildman–Crippen LogP) is 1.92. The lowest BCUT2D eigenvalue weighted by Gasteiger charge is -2.25. The molecule has 0 fully saturated rings. The molecule has 0 aromatic carbocycles. The first-order chi connectivity index (χ1) is 5.68. The van der Waals surface area contributed by atoms with Crippen molar-refractivity contribution in [2.45, 2.75) is 43.9 Å². The molecule has 2 N–H and O–H groups in total. The largest absolute Gasteiger partial charge is 0.396 e. The van der Waals surface area contributed by atoms with Crippen LogP contribution in [0.5, 0.6) is 0 Å². The second-order valence-electron chi connectivity index (χ2n) is 3.20. The molecular formula is C9H19ClO2. The smallest absolute Gasteiger partial charge is 0.0490 e. The highest BCUT2D eigenvalue weighted by molar-refractivity contribution is 6.23. The maximum absolute atomic E-state index is 8.76. The van der Waals surface area contributed by atoms with Crippen LogP contribution in [0.1, 0.15) is 39.0 Å². The van der Waals surface area contributed by atoms with E-state index in [0.717, 1.165) is 19.3 Å². The molecule has 0 saturated carbocycles. The minimum absolute atomic E-state index is 0.104. The van der Waals surface area contributed by atoms with Crippen LogP contribution in [0.4, 0.5) is 0 Å². The summed E-state index contributed by atoms with van der Waals surface area (Å²) in [5.41, 5.74) is 0. The molecule has 0 unspecified atom stereocenters. The average Bonchev–Trinajstić information content (AvgIpc) is 2.02. The number of aliphatic hydroxyl groups excluding tert-OH is 2. The first kappa shape index (κ1) is 12.2. The van der Waals surface area contributed by atoms with Crippen LogP contribution in [0.2, 0.25) is 0 Å². The summed E-state index contributed by atoms with van der Waals surface area (Å²) in [5.74, 6) is 0. The zero-order chi connectivity index (χ0) is 9.45. The van der Waals surface area contributed by atoms with Gasteiger partial charge in [-0.05, 0) is 19.3 Å². The lowest BCUT2D eigenvalue weighted by Crippen LogP contribution is -2.24. The number of halogens is 1. The Bertz CT molecular complexity index is 101. The van der Waals surface area contributed by atoms with Gasteiger partial charge in [-0.25, -0.2) is 0 Å². The Hall–Kier alpha value is 0.210. The standard InChI is InChI=1S/C9H19ClO2/c1-2-3-4-9(10,5-7-11)6-8-12/h11-12H,2-8H2,1H3. The number of aliphatic hydroxyl groups is 2. The van der Waals surface area contributed by atoms with Crippen molar-refractivity contribution in [3.8, 4) is 0 Å². The van der Waals surface area contributed by atoms with Gasteiger partial charge in [-0.1, -0.05) is 19.8 Å². The first-order valence-electron chi connectivity index (χ1n) is 4.59. The molecular weight excluding hydrogens is 176 g/mol. The van der Waals surface area contributed by atoms with Crippen molar-refractivity contribution in [2.75, 3.05) is 13.2 Å². The molecule has 0 aliphatic heterocycles. The Balaban J connectivity index is 3.80. The summed E-state index contributed by atoms with van der Waals surface area (Å²) in [6.07, 6.45) is 4.20. The average molecular weight is 195 g/mol. The molecule has 0 heterocycles. The maximum atomic E-state index is 8.76. The van der Waals surface area contributed by atoms with Crippen molar-refractivity contribution in [2.24, 2.45) is 0 Å². The first-order valence-corrected chi connectivity index (χ1v) is 4.97. The lowest BCUT2D eigenvalue weighted by atomic mass is 9.95. The van der Waals surface area contributed by atoms with Gasteiger partial charge < -0.3 is 10.2 Å². The zero-order valence-corrected chi connectivity index (χ0v) is 8.48. The number of hydrogen-bond donors (Lipinski definition) is 2. The van der Waals surface area contributed by atoms with Crippen molar-refractivity contribution >= 4 is 11.6 Å². The van der Waals surface area contributed by atoms with E-state index < -0.39 is 0 Å². The van der Waals surface area contributed by atoms with E-state index in [1.54, 1.807) is 0 Å². The number of rotatable bonds is 7. The van der Waals surface area contributed by atoms with Crippen molar-refractivity contribution in [1.82, 2.24) is 0 Å². The van der Waals surface area contributed by atoms with Crippen molar-refractivity contribution in [3.63, 3.8) is 0 Å². The van der Waals surface area contributed by atoms with Gasteiger partial charge in [-0.3, -0.25) is 0 Å². The van der Waals surface area contributed by atoms with Gasteiger partial charge in [0.2, 0.25) is 0 Å². The molecule has 0 spiro atoms. The molecule has 0 aromatic heterocycles. The van der Waals surface area contributed by atoms with Crippen LogP contribution in [0, 0.1) is 0 Å². The Morgan fingerprint density at radius 3 is 1.92 bits per heavy atom. The molecule has 0 saturated heterocycles. The molecule has 0 bridgehead atoms. The topological polar surface area (TPSA) is 40.5 Å². The predicted molar refractivity (Wildman–Crippen MR) is 51.5 cm³/mol. The maximum Gasteiger partial charge on any atom is 0.0490 e. The van der Waals surface area contributed by atoms with Crippen LogP contribution in [0.25, 0.3) is 0 Å². The second kappa shape index (κ2) is 6.70. The molecule has 0 radical (unpaired) electrons. The van der Waals surface area contributed by atoms with Gasteiger partial charge in [0.25, 0.3) is 0 Å². The van der Waals surface area contributed by atoms with E-state index in [4.69, 9.17) is 21.8 Å². The molecule has 0 aliphatic rings. The fourth-order valence-electron chi connectivity index (χ4n) is 1.27. The molecule has 12 heavy (non-hydrogen) atoms. The SMILES string of the molecule is CCCCC(Cl)(CCO)CCO. The van der Waals surface area contributed by atoms with Crippen LogP contribution in [-0.2, 0) is 0 Å². The fourth-order valence-corrected chi connectivity index (χ4v) is 1.57. The van der Waals surface area contributed by atoms with Crippen LogP contribution < -0.4 is 0 Å². The van der Waals surface area contributed by atoms with Crippen molar-refractivity contribution in [3.05, 3.63) is 0 Å². The van der Waals surface area contributed by atoms with Crippen molar-refractivity contribution in [1.29, 1.82) is 0 Å². The highest BCUT2D eigenvalue weighted by Gasteiger charge is 2.24. The molecule has 0 rings (SSSR count). The van der Waals surface area contributed by atoms with Gasteiger partial charge in [-0.15, -0.1) is 11.6 Å². The summed E-state index contributed by atoms with van der Waals surface area (Å²) in [5, 5.41) is 17.5. The Morgan fingerprint density at radius 2 is 1.58 bits per heavy atom. The van der Waals surface area contributed by atoms with Gasteiger partial charge in [-0.2, -0.15) is 0 Å². The van der Waals surface area contributed by atoms with E-state index in [1.807, 2.05) is 0 Å². The summed E-state index contributed by atoms with van der Waals surface area (Å²) >= 11 is 6.20. The minimum Gasteiger partial charge on any atom is -0.396 e. The van der Waals surface area contributed by atoms with Crippen molar-refractivity contribution < 1.29 is 10.2 Å². The van der Waals surface area contributed by atoms with Gasteiger partial charge in [0.1, 0.15) is 0 Å². The molecule has 2 nitrogen and oxygen atoms in total. The summed E-state index contributed by atoms with van der Waals surface area (Å²) in [7, 11) is 0. The quantitative estimate of drug-likeness (QED) is 0.608. The highest BCUT2D eigenvalue weighted by Crippen LogP contribution is 2.29. The second-order valence-corrected chi connectivity index (χ2v) is 4.00. The summed E-state index contributed by atoms with van der Waals surface area (Å²) in [4.78, 5) is -0.375. The normalized spacial score (nSPS) is 12.0. The molecule has 0 aliphatic carbocycles. The van der Waals surface area contributed by atoms with E-state index in [1.165, 1.54) is 0 Å². The van der Waals surface area contributed by atoms with E-state index >= 15 is 0 Å². The molecule has 0 amide bonds. The molecule has 0 atom stereocenters. The number of hydrogen-bond acceptors (Lipinski definition) is 2. The fraction of sp³-hybridized carbons (Fsp3) is 1.00. The minimum atomic E-state index is -0.375. The third kappa shape index (κ3) is 4.96. The summed E-state index contributed by atoms with van der Waals surface area (Å²) in [6, 6.07) is 0. The monoisotopic (exact) mass is 194 g/mol. The zero-order valence-electron chi connectivity index (χ0n) is 7.72. The van der Waals surface area contributed by atoms with Crippen LogP contribution in [-0.4, -0.2) is 28.3 Å². The molecule has 3 heteroatoms. The van der Waals surface area contributed by atoms with E-state index in [-0.39, 0.29) is 18.1 Å². The van der Waals surface area contributed by atoms with E-state index in [9.17, 15) is 0 Å². The molecule has 74 valence electrons. The Kier molecular flexibility index (Phi) is 6.81. The lowest BCUT2D eigenvalue weighted by molar-refractivity contribution is 0.221. The number of alkyl halides is 1. The van der Waals surface area contributed by atoms with Gasteiger partial charge in [0.15, 0.2) is 0 Å². The Morgan fingerprint density at radius 1 is 1.08 bits per heavy atom. The van der Waals surface area contributed by atoms with E-state index in [2.05, 4.69) is 6.92 Å². The van der Waals surface area contributed by atoms with E-state index in [0.29, 0.717) is 12.8 Å². The van der Waals surface area contributed by atoms with Crippen LogP contribution in [0.15, 0.2) is 0 Å². The highest BCUT2D eigenvalue weighted by atomic mass is 35.5. The summed E-state index contributed by atoms with van der Waals surface area (Å²) < 4.78 is 0. The Labute approximate surface area is 79.6 Å². The molecule has 0 aromatic rings. The van der Waals surface area contributed by atoms with Crippen LogP contribution >= 0.6 is 11.6 Å². The third-order valence-corrected chi connectivity index (χ3v) is 2.67. The third-order valence-electron chi connectivity index (χ3n) is 2.10. The van der Waals surface area contributed by atoms with Gasteiger partial charge in [0, 0.05) is 18.1 Å².